The normalized spacial score (nSPS) is 11.2. The van der Waals surface area contributed by atoms with E-state index in [0.29, 0.717) is 5.82 Å². The number of amides is 1. The van der Waals surface area contributed by atoms with Gasteiger partial charge < -0.3 is 10.1 Å². The van der Waals surface area contributed by atoms with Crippen molar-refractivity contribution in [3.8, 4) is 0 Å². The zero-order valence-electron chi connectivity index (χ0n) is 11.8. The van der Waals surface area contributed by atoms with Crippen molar-refractivity contribution in [2.75, 3.05) is 0 Å². The number of rotatable bonds is 5. The number of hydrogen-bond acceptors (Lipinski definition) is 5. The van der Waals surface area contributed by atoms with Crippen molar-refractivity contribution in [2.24, 2.45) is 7.05 Å². The van der Waals surface area contributed by atoms with Crippen LogP contribution in [0.25, 0.3) is 0 Å². The zero-order chi connectivity index (χ0) is 14.5. The van der Waals surface area contributed by atoms with Crippen molar-refractivity contribution in [1.82, 2.24) is 20.1 Å². The number of carbonyl (C=O) groups excluding carboxylic acids is 2. The summed E-state index contributed by atoms with van der Waals surface area (Å²) in [5.41, 5.74) is -0.522. The Morgan fingerprint density at radius 3 is 2.58 bits per heavy atom. The van der Waals surface area contributed by atoms with Gasteiger partial charge in [0.2, 0.25) is 5.91 Å². The lowest BCUT2D eigenvalue weighted by Crippen LogP contribution is -2.27. The highest BCUT2D eigenvalue weighted by molar-refractivity contribution is 5.81. The van der Waals surface area contributed by atoms with Crippen molar-refractivity contribution in [3.63, 3.8) is 0 Å². The van der Waals surface area contributed by atoms with E-state index in [1.54, 1.807) is 38.8 Å². The van der Waals surface area contributed by atoms with E-state index >= 15 is 0 Å². The molecule has 0 aliphatic heterocycles. The molecule has 0 saturated heterocycles. The Morgan fingerprint density at radius 2 is 2.05 bits per heavy atom. The molecule has 0 atom stereocenters. The number of nitrogens with zero attached hydrogens (tertiary/aromatic N) is 3. The molecule has 0 aliphatic rings. The minimum absolute atomic E-state index is 0.0682. The van der Waals surface area contributed by atoms with E-state index < -0.39 is 5.60 Å². The van der Waals surface area contributed by atoms with Crippen molar-refractivity contribution in [2.45, 2.75) is 45.8 Å². The highest BCUT2D eigenvalue weighted by Crippen LogP contribution is 2.08. The van der Waals surface area contributed by atoms with Gasteiger partial charge in [-0.3, -0.25) is 14.3 Å². The van der Waals surface area contributed by atoms with Crippen LogP contribution in [0.2, 0.25) is 0 Å². The molecule has 0 unspecified atom stereocenters. The lowest BCUT2D eigenvalue weighted by Gasteiger charge is -2.19. The summed E-state index contributed by atoms with van der Waals surface area (Å²) in [5.74, 6) is -0.0648. The van der Waals surface area contributed by atoms with Gasteiger partial charge in [-0.15, -0.1) is 0 Å². The third-order valence-corrected chi connectivity index (χ3v) is 2.07. The second-order valence-corrected chi connectivity index (χ2v) is 5.20. The molecular weight excluding hydrogens is 248 g/mol. The molecule has 7 heteroatoms. The Hall–Kier alpha value is -1.92. The molecule has 1 aromatic heterocycles. The van der Waals surface area contributed by atoms with Crippen molar-refractivity contribution in [3.05, 3.63) is 12.2 Å². The first-order valence-corrected chi connectivity index (χ1v) is 6.09. The highest BCUT2D eigenvalue weighted by atomic mass is 16.6. The molecule has 1 aromatic rings. The van der Waals surface area contributed by atoms with Crippen LogP contribution in [0.1, 0.15) is 39.4 Å². The fraction of sp³-hybridized carbons (Fsp3) is 0.667. The molecule has 0 saturated carbocycles. The molecule has 0 bridgehead atoms. The van der Waals surface area contributed by atoms with Crippen LogP contribution in [0.3, 0.4) is 0 Å². The van der Waals surface area contributed by atoms with Gasteiger partial charge in [-0.05, 0) is 20.8 Å². The quantitative estimate of drug-likeness (QED) is 0.788. The first-order valence-electron chi connectivity index (χ1n) is 6.09. The van der Waals surface area contributed by atoms with E-state index in [1.807, 2.05) is 0 Å². The summed E-state index contributed by atoms with van der Waals surface area (Å²) in [5, 5.41) is 6.67. The molecule has 1 amide bonds. The Kier molecular flexibility index (Phi) is 5.02. The van der Waals surface area contributed by atoms with Crippen LogP contribution in [0.4, 0.5) is 0 Å². The molecule has 0 spiro atoms. The number of nitrogens with one attached hydrogen (secondary N) is 1. The van der Waals surface area contributed by atoms with Gasteiger partial charge in [0.15, 0.2) is 5.82 Å². The fourth-order valence-corrected chi connectivity index (χ4v) is 1.34. The van der Waals surface area contributed by atoms with Gasteiger partial charge >= 0.3 is 5.97 Å². The largest absolute Gasteiger partial charge is 0.460 e. The lowest BCUT2D eigenvalue weighted by molar-refractivity contribution is -0.155. The minimum atomic E-state index is -0.522. The number of ether oxygens (including phenoxy) is 1. The van der Waals surface area contributed by atoms with Crippen LogP contribution in [-0.2, 0) is 27.9 Å². The van der Waals surface area contributed by atoms with Crippen LogP contribution in [0, 0.1) is 0 Å². The van der Waals surface area contributed by atoms with Gasteiger partial charge in [0.05, 0.1) is 13.0 Å². The molecule has 1 N–H and O–H groups in total. The lowest BCUT2D eigenvalue weighted by atomic mass is 10.2. The van der Waals surface area contributed by atoms with Gasteiger partial charge in [-0.2, -0.15) is 5.10 Å². The van der Waals surface area contributed by atoms with Gasteiger partial charge in [0.1, 0.15) is 11.9 Å². The smallest absolute Gasteiger partial charge is 0.306 e. The van der Waals surface area contributed by atoms with Crippen LogP contribution >= 0.6 is 0 Å². The molecule has 1 heterocycles. The number of aromatic nitrogens is 3. The van der Waals surface area contributed by atoms with Gasteiger partial charge in [-0.25, -0.2) is 4.98 Å². The zero-order valence-corrected chi connectivity index (χ0v) is 11.8. The van der Waals surface area contributed by atoms with E-state index in [2.05, 4.69) is 15.4 Å². The van der Waals surface area contributed by atoms with Crippen LogP contribution in [0.15, 0.2) is 6.33 Å². The summed E-state index contributed by atoms with van der Waals surface area (Å²) in [6.45, 7) is 5.63. The minimum Gasteiger partial charge on any atom is -0.460 e. The second-order valence-electron chi connectivity index (χ2n) is 5.20. The Balaban J connectivity index is 2.23. The van der Waals surface area contributed by atoms with Gasteiger partial charge in [0.25, 0.3) is 0 Å². The number of carbonyl (C=O) groups is 2. The third kappa shape index (κ3) is 6.54. The molecular formula is C12H20N4O3. The summed E-state index contributed by atoms with van der Waals surface area (Å²) in [6, 6.07) is 0. The predicted molar refractivity (Wildman–Crippen MR) is 67.9 cm³/mol. The summed E-state index contributed by atoms with van der Waals surface area (Å²) >= 11 is 0. The van der Waals surface area contributed by atoms with Gasteiger partial charge in [0, 0.05) is 13.5 Å². The first kappa shape index (κ1) is 15.1. The number of esters is 1. The molecule has 19 heavy (non-hydrogen) atoms. The molecule has 0 aliphatic carbocycles. The summed E-state index contributed by atoms with van der Waals surface area (Å²) in [4.78, 5) is 26.9. The van der Waals surface area contributed by atoms with E-state index in [0.717, 1.165) is 0 Å². The van der Waals surface area contributed by atoms with Gasteiger partial charge in [-0.1, -0.05) is 0 Å². The van der Waals surface area contributed by atoms with E-state index in [9.17, 15) is 9.59 Å². The van der Waals surface area contributed by atoms with Crippen LogP contribution < -0.4 is 5.32 Å². The monoisotopic (exact) mass is 268 g/mol. The maximum atomic E-state index is 11.5. The molecule has 0 radical (unpaired) electrons. The fourth-order valence-electron chi connectivity index (χ4n) is 1.34. The summed E-state index contributed by atoms with van der Waals surface area (Å²) in [6.07, 6.45) is 1.72. The summed E-state index contributed by atoms with van der Waals surface area (Å²) < 4.78 is 6.66. The number of aryl methyl sites for hydroxylation is 1. The molecule has 1 rings (SSSR count). The van der Waals surface area contributed by atoms with Crippen molar-refractivity contribution in [1.29, 1.82) is 0 Å². The SMILES string of the molecule is Cn1cnc(CNC(=O)CCC(=O)OC(C)(C)C)n1. The average molecular weight is 268 g/mol. The standard InChI is InChI=1S/C12H20N4O3/c1-12(2,3)19-11(18)6-5-10(17)13-7-9-14-8-16(4)15-9/h8H,5-7H2,1-4H3,(H,13,17). The molecule has 106 valence electrons. The van der Waals surface area contributed by atoms with Crippen molar-refractivity contribution >= 4 is 11.9 Å². The Bertz CT molecular complexity index is 448. The van der Waals surface area contributed by atoms with Crippen molar-refractivity contribution < 1.29 is 14.3 Å². The average Bonchev–Trinajstić information content (AvgIpc) is 2.67. The van der Waals surface area contributed by atoms with E-state index in [4.69, 9.17) is 4.74 Å². The van der Waals surface area contributed by atoms with Crippen LogP contribution in [0.5, 0.6) is 0 Å². The number of hydrogen-bond donors (Lipinski definition) is 1. The highest BCUT2D eigenvalue weighted by Gasteiger charge is 2.17. The predicted octanol–water partition coefficient (Wildman–Crippen LogP) is 0.553. The first-order chi connectivity index (χ1) is 8.76. The van der Waals surface area contributed by atoms with Crippen LogP contribution in [-0.4, -0.2) is 32.2 Å². The second kappa shape index (κ2) is 6.31. The molecule has 0 fully saturated rings. The maximum Gasteiger partial charge on any atom is 0.306 e. The third-order valence-electron chi connectivity index (χ3n) is 2.07. The summed E-state index contributed by atoms with van der Waals surface area (Å²) in [7, 11) is 1.75. The molecule has 7 nitrogen and oxygen atoms in total. The Morgan fingerprint density at radius 1 is 1.37 bits per heavy atom. The van der Waals surface area contributed by atoms with E-state index in [1.165, 1.54) is 0 Å². The Labute approximate surface area is 112 Å². The topological polar surface area (TPSA) is 86.1 Å². The van der Waals surface area contributed by atoms with E-state index in [-0.39, 0.29) is 31.3 Å². The maximum absolute atomic E-state index is 11.5. The molecule has 0 aromatic carbocycles.